The molecular weight excluding hydrogens is 605 g/mol. The lowest BCUT2D eigenvalue weighted by atomic mass is 10.0. The van der Waals surface area contributed by atoms with Gasteiger partial charge in [0.05, 0.1) is 16.7 Å². The molecule has 0 atom stereocenters. The third-order valence-electron chi connectivity index (χ3n) is 9.37. The highest BCUT2D eigenvalue weighted by atomic mass is 32.2. The van der Waals surface area contributed by atoms with Crippen LogP contribution in [0.1, 0.15) is 0 Å². The Balaban J connectivity index is 1.23. The molecule has 0 fully saturated rings. The zero-order valence-corrected chi connectivity index (χ0v) is 27.4. The minimum absolute atomic E-state index is 0.978. The van der Waals surface area contributed by atoms with Crippen LogP contribution in [0.2, 0.25) is 0 Å². The fourth-order valence-electron chi connectivity index (χ4n) is 7.30. The summed E-state index contributed by atoms with van der Waals surface area (Å²) in [5.74, 6) is 0.978. The lowest BCUT2D eigenvalue weighted by molar-refractivity contribution is 1.04. The summed E-state index contributed by atoms with van der Waals surface area (Å²) < 4.78 is 2.36. The van der Waals surface area contributed by atoms with Crippen LogP contribution in [-0.2, 0) is 0 Å². The molecular formula is C43H30N2SSi. The Kier molecular flexibility index (Phi) is 6.77. The summed E-state index contributed by atoms with van der Waals surface area (Å²) in [5, 5.41) is 5.52. The summed E-state index contributed by atoms with van der Waals surface area (Å²) in [6.07, 6.45) is 0. The number of hydrogen-bond acceptors (Lipinski definition) is 2. The number of fused-ring (bicyclic) bond motifs is 2. The fraction of sp³-hybridized carbons (Fsp3) is 0. The molecule has 4 heteroatoms. The van der Waals surface area contributed by atoms with Gasteiger partial charge in [0, 0.05) is 15.4 Å². The number of nitrogens with zero attached hydrogens (tertiary/aromatic N) is 2. The van der Waals surface area contributed by atoms with E-state index in [1.165, 1.54) is 52.9 Å². The predicted molar refractivity (Wildman–Crippen MR) is 200 cm³/mol. The lowest BCUT2D eigenvalue weighted by Crippen LogP contribution is -2.74. The monoisotopic (exact) mass is 634 g/mol. The highest BCUT2D eigenvalue weighted by Crippen LogP contribution is 2.48. The van der Waals surface area contributed by atoms with E-state index in [-0.39, 0.29) is 0 Å². The fourth-order valence-corrected chi connectivity index (χ4v) is 13.3. The molecule has 0 spiro atoms. The molecule has 0 amide bonds. The molecule has 47 heavy (non-hydrogen) atoms. The molecule has 222 valence electrons. The van der Waals surface area contributed by atoms with Crippen molar-refractivity contribution < 1.29 is 0 Å². The molecule has 0 N–H and O–H groups in total. The van der Waals surface area contributed by atoms with Crippen LogP contribution in [0.25, 0.3) is 39.2 Å². The standard InChI is InChI=1S/C43H30N2SSi/c1-5-15-32(16-6-1)43-44-38-24-14-26-40-41(38)45(43)39-25-13-23-37(42(39)46-40)31-27-29-36(30-28-31)47(33-17-7-2-8-18-33,34-19-9-3-10-20-34)35-21-11-4-12-22-35/h1-30H. The van der Waals surface area contributed by atoms with Crippen molar-refractivity contribution in [3.63, 3.8) is 0 Å². The van der Waals surface area contributed by atoms with Gasteiger partial charge in [-0.05, 0) is 50.1 Å². The Morgan fingerprint density at radius 3 is 1.57 bits per heavy atom. The first-order valence-corrected chi connectivity index (χ1v) is 18.8. The Morgan fingerprint density at radius 1 is 0.447 bits per heavy atom. The van der Waals surface area contributed by atoms with Crippen molar-refractivity contribution in [3.8, 4) is 28.2 Å². The van der Waals surface area contributed by atoms with Crippen molar-refractivity contribution in [3.05, 3.63) is 182 Å². The summed E-state index contributed by atoms with van der Waals surface area (Å²) in [6, 6.07) is 66.5. The minimum atomic E-state index is -2.59. The van der Waals surface area contributed by atoms with Crippen LogP contribution in [0.5, 0.6) is 0 Å². The summed E-state index contributed by atoms with van der Waals surface area (Å²) in [5.41, 5.74) is 6.96. The van der Waals surface area contributed by atoms with E-state index in [2.05, 4.69) is 187 Å². The lowest BCUT2D eigenvalue weighted by Gasteiger charge is -2.34. The van der Waals surface area contributed by atoms with Crippen molar-refractivity contribution in [2.45, 2.75) is 9.79 Å². The minimum Gasteiger partial charge on any atom is -0.290 e. The van der Waals surface area contributed by atoms with Gasteiger partial charge >= 0.3 is 0 Å². The number of benzene rings is 7. The molecule has 7 aromatic carbocycles. The van der Waals surface area contributed by atoms with E-state index in [9.17, 15) is 0 Å². The maximum atomic E-state index is 5.14. The van der Waals surface area contributed by atoms with Gasteiger partial charge in [-0.2, -0.15) is 0 Å². The zero-order chi connectivity index (χ0) is 31.2. The molecule has 0 aliphatic carbocycles. The van der Waals surface area contributed by atoms with Gasteiger partial charge in [0.1, 0.15) is 5.82 Å². The van der Waals surface area contributed by atoms with Crippen LogP contribution in [0.4, 0.5) is 0 Å². The quantitative estimate of drug-likeness (QED) is 0.136. The Morgan fingerprint density at radius 2 is 0.979 bits per heavy atom. The van der Waals surface area contributed by atoms with Crippen LogP contribution in [-0.4, -0.2) is 17.6 Å². The second kappa shape index (κ2) is 11.4. The topological polar surface area (TPSA) is 17.8 Å². The number of hydrogen-bond donors (Lipinski definition) is 0. The van der Waals surface area contributed by atoms with Crippen LogP contribution >= 0.6 is 11.8 Å². The van der Waals surface area contributed by atoms with Crippen molar-refractivity contribution in [1.29, 1.82) is 0 Å². The van der Waals surface area contributed by atoms with Crippen LogP contribution in [0.15, 0.2) is 192 Å². The average molecular weight is 635 g/mol. The summed E-state index contributed by atoms with van der Waals surface area (Å²) in [4.78, 5) is 7.63. The highest BCUT2D eigenvalue weighted by molar-refractivity contribution is 8.00. The Bertz CT molecular complexity index is 2260. The van der Waals surface area contributed by atoms with Gasteiger partial charge in [-0.25, -0.2) is 4.98 Å². The van der Waals surface area contributed by atoms with E-state index in [0.29, 0.717) is 0 Å². The molecule has 8 aromatic rings. The molecule has 0 unspecified atom stereocenters. The van der Waals surface area contributed by atoms with Gasteiger partial charge in [0.25, 0.3) is 0 Å². The van der Waals surface area contributed by atoms with Gasteiger partial charge in [0.15, 0.2) is 8.07 Å². The van der Waals surface area contributed by atoms with E-state index in [1.807, 2.05) is 11.8 Å². The Hall–Kier alpha value is -5.42. The van der Waals surface area contributed by atoms with Gasteiger partial charge < -0.3 is 0 Å². The molecule has 0 saturated heterocycles. The van der Waals surface area contributed by atoms with E-state index in [1.54, 1.807) is 0 Å². The second-order valence-electron chi connectivity index (χ2n) is 11.9. The average Bonchev–Trinajstić information content (AvgIpc) is 3.55. The van der Waals surface area contributed by atoms with Crippen molar-refractivity contribution in [2.24, 2.45) is 0 Å². The summed E-state index contributed by atoms with van der Waals surface area (Å²) in [7, 11) is -2.59. The molecule has 0 bridgehead atoms. The normalized spacial score (nSPS) is 12.2. The number of aromatic nitrogens is 2. The SMILES string of the molecule is c1ccc(-c2nc3cccc4c3n2-c2cccc(-c3ccc([Si](c5ccccc5)(c5ccccc5)c5ccccc5)cc3)c2S4)cc1. The molecule has 9 rings (SSSR count). The van der Waals surface area contributed by atoms with Gasteiger partial charge in [-0.3, -0.25) is 4.57 Å². The molecule has 1 aliphatic rings. The summed E-state index contributed by atoms with van der Waals surface area (Å²) >= 11 is 1.85. The van der Waals surface area contributed by atoms with Crippen molar-refractivity contribution in [2.75, 3.05) is 0 Å². The largest absolute Gasteiger partial charge is 0.290 e. The predicted octanol–water partition coefficient (Wildman–Crippen LogP) is 8.20. The number of rotatable bonds is 6. The number of imidazole rings is 1. The molecule has 0 radical (unpaired) electrons. The molecule has 1 aliphatic heterocycles. The van der Waals surface area contributed by atoms with Crippen molar-refractivity contribution >= 4 is 51.6 Å². The van der Waals surface area contributed by atoms with Crippen LogP contribution in [0.3, 0.4) is 0 Å². The Labute approximate surface area is 280 Å². The first-order chi connectivity index (χ1) is 23.3. The second-order valence-corrected chi connectivity index (χ2v) is 16.8. The van der Waals surface area contributed by atoms with Gasteiger partial charge in [-0.1, -0.05) is 176 Å². The third-order valence-corrected chi connectivity index (χ3v) is 15.3. The van der Waals surface area contributed by atoms with E-state index in [0.717, 1.165) is 16.9 Å². The number of para-hydroxylation sites is 1. The van der Waals surface area contributed by atoms with Crippen LogP contribution < -0.4 is 20.7 Å². The molecule has 0 saturated carbocycles. The van der Waals surface area contributed by atoms with Gasteiger partial charge in [-0.15, -0.1) is 0 Å². The first kappa shape index (κ1) is 27.9. The smallest absolute Gasteiger partial charge is 0.179 e. The summed E-state index contributed by atoms with van der Waals surface area (Å²) in [6.45, 7) is 0. The molecule has 2 heterocycles. The van der Waals surface area contributed by atoms with E-state index < -0.39 is 8.07 Å². The van der Waals surface area contributed by atoms with E-state index in [4.69, 9.17) is 4.98 Å². The van der Waals surface area contributed by atoms with Crippen molar-refractivity contribution in [1.82, 2.24) is 9.55 Å². The highest BCUT2D eigenvalue weighted by Gasteiger charge is 2.41. The first-order valence-electron chi connectivity index (χ1n) is 16.0. The molecule has 1 aromatic heterocycles. The van der Waals surface area contributed by atoms with E-state index >= 15 is 0 Å². The maximum Gasteiger partial charge on any atom is 0.179 e. The van der Waals surface area contributed by atoms with Crippen LogP contribution in [0, 0.1) is 0 Å². The van der Waals surface area contributed by atoms with Gasteiger partial charge in [0.2, 0.25) is 0 Å². The maximum absolute atomic E-state index is 5.14. The molecule has 2 nitrogen and oxygen atoms in total. The zero-order valence-electron chi connectivity index (χ0n) is 25.6. The third kappa shape index (κ3) is 4.44.